The molecule has 112 valence electrons. The molecule has 0 radical (unpaired) electrons. The summed E-state index contributed by atoms with van der Waals surface area (Å²) in [7, 11) is 1.63. The van der Waals surface area contributed by atoms with E-state index in [1.165, 1.54) is 16.7 Å². The van der Waals surface area contributed by atoms with Gasteiger partial charge in [-0.15, -0.1) is 0 Å². The lowest BCUT2D eigenvalue weighted by Gasteiger charge is -2.19. The van der Waals surface area contributed by atoms with Crippen LogP contribution in [0.2, 0.25) is 0 Å². The molecule has 21 heavy (non-hydrogen) atoms. The molecule has 4 nitrogen and oxygen atoms in total. The van der Waals surface area contributed by atoms with E-state index >= 15 is 0 Å². The van der Waals surface area contributed by atoms with Crippen molar-refractivity contribution in [2.24, 2.45) is 0 Å². The van der Waals surface area contributed by atoms with Crippen LogP contribution in [0.3, 0.4) is 0 Å². The third-order valence-corrected chi connectivity index (χ3v) is 3.68. The average molecular weight is 285 g/mol. The molecule has 1 atom stereocenters. The van der Waals surface area contributed by atoms with E-state index in [0.717, 1.165) is 18.7 Å². The van der Waals surface area contributed by atoms with Gasteiger partial charge in [0.1, 0.15) is 5.69 Å². The topological polar surface area (TPSA) is 47.0 Å². The predicted molar refractivity (Wildman–Crippen MR) is 84.6 cm³/mol. The molecule has 0 aliphatic rings. The summed E-state index contributed by atoms with van der Waals surface area (Å²) in [6, 6.07) is 6.68. The highest BCUT2D eigenvalue weighted by atomic mass is 16.5. The van der Waals surface area contributed by atoms with Crippen molar-refractivity contribution in [3.8, 4) is 5.88 Å². The zero-order valence-electron chi connectivity index (χ0n) is 13.2. The number of hydrogen-bond donors (Lipinski definition) is 1. The third-order valence-electron chi connectivity index (χ3n) is 3.68. The zero-order valence-corrected chi connectivity index (χ0v) is 13.2. The lowest BCUT2D eigenvalue weighted by molar-refractivity contribution is 0.377. The van der Waals surface area contributed by atoms with Gasteiger partial charge in [-0.1, -0.05) is 25.1 Å². The number of aromatic nitrogens is 2. The molecule has 0 saturated heterocycles. The van der Waals surface area contributed by atoms with Crippen molar-refractivity contribution < 1.29 is 4.74 Å². The van der Waals surface area contributed by atoms with Crippen LogP contribution < -0.4 is 10.1 Å². The number of nitrogens with zero attached hydrogens (tertiary/aromatic N) is 2. The van der Waals surface area contributed by atoms with Crippen LogP contribution in [0.4, 0.5) is 0 Å². The number of aryl methyl sites for hydroxylation is 2. The standard InChI is InChI=1S/C17H23N3O/c1-5-18-15(16-17(21-4)20-9-8-19-16)11-14-7-6-12(2)13(3)10-14/h6-10,15,18H,5,11H2,1-4H3. The Morgan fingerprint density at radius 1 is 1.14 bits per heavy atom. The Morgan fingerprint density at radius 2 is 1.90 bits per heavy atom. The number of benzene rings is 1. The Balaban J connectivity index is 2.28. The van der Waals surface area contributed by atoms with Gasteiger partial charge >= 0.3 is 0 Å². The first-order valence-corrected chi connectivity index (χ1v) is 7.30. The fourth-order valence-electron chi connectivity index (χ4n) is 2.41. The zero-order chi connectivity index (χ0) is 15.2. The van der Waals surface area contributed by atoms with Crippen LogP contribution in [-0.2, 0) is 6.42 Å². The van der Waals surface area contributed by atoms with Crippen LogP contribution in [0.15, 0.2) is 30.6 Å². The molecular formula is C17H23N3O. The van der Waals surface area contributed by atoms with Gasteiger partial charge in [0.25, 0.3) is 0 Å². The van der Waals surface area contributed by atoms with Crippen LogP contribution in [0.25, 0.3) is 0 Å². The second-order valence-electron chi connectivity index (χ2n) is 5.18. The van der Waals surface area contributed by atoms with Gasteiger partial charge in [0, 0.05) is 12.4 Å². The molecule has 0 bridgehead atoms. The van der Waals surface area contributed by atoms with Gasteiger partial charge in [-0.3, -0.25) is 4.98 Å². The molecule has 1 unspecified atom stereocenters. The molecule has 0 aliphatic carbocycles. The number of hydrogen-bond acceptors (Lipinski definition) is 4. The number of methoxy groups -OCH3 is 1. The molecule has 0 aliphatic heterocycles. The van der Waals surface area contributed by atoms with Crippen molar-refractivity contribution in [1.29, 1.82) is 0 Å². The summed E-state index contributed by atoms with van der Waals surface area (Å²) in [5, 5.41) is 3.47. The van der Waals surface area contributed by atoms with Gasteiger partial charge in [0.15, 0.2) is 0 Å². The van der Waals surface area contributed by atoms with Crippen molar-refractivity contribution >= 4 is 0 Å². The summed E-state index contributed by atoms with van der Waals surface area (Å²) in [4.78, 5) is 8.70. The largest absolute Gasteiger partial charge is 0.480 e. The van der Waals surface area contributed by atoms with Crippen LogP contribution in [-0.4, -0.2) is 23.6 Å². The maximum Gasteiger partial charge on any atom is 0.237 e. The highest BCUT2D eigenvalue weighted by Gasteiger charge is 2.18. The van der Waals surface area contributed by atoms with Gasteiger partial charge in [-0.2, -0.15) is 0 Å². The smallest absolute Gasteiger partial charge is 0.237 e. The Labute approximate surface area is 126 Å². The first-order valence-electron chi connectivity index (χ1n) is 7.30. The molecule has 4 heteroatoms. The highest BCUT2D eigenvalue weighted by Crippen LogP contribution is 2.24. The lowest BCUT2D eigenvalue weighted by atomic mass is 9.99. The Morgan fingerprint density at radius 3 is 2.57 bits per heavy atom. The number of rotatable bonds is 6. The molecule has 1 aromatic carbocycles. The normalized spacial score (nSPS) is 12.2. The van der Waals surface area contributed by atoms with Crippen LogP contribution >= 0.6 is 0 Å². The fraction of sp³-hybridized carbons (Fsp3) is 0.412. The minimum absolute atomic E-state index is 0.0979. The first kappa shape index (κ1) is 15.4. The minimum Gasteiger partial charge on any atom is -0.480 e. The van der Waals surface area contributed by atoms with E-state index in [1.54, 1.807) is 19.5 Å². The quantitative estimate of drug-likeness (QED) is 0.886. The summed E-state index contributed by atoms with van der Waals surface area (Å²) < 4.78 is 5.34. The van der Waals surface area contributed by atoms with Gasteiger partial charge in [-0.25, -0.2) is 4.98 Å². The third kappa shape index (κ3) is 3.79. The summed E-state index contributed by atoms with van der Waals surface area (Å²) in [6.45, 7) is 7.24. The lowest BCUT2D eigenvalue weighted by Crippen LogP contribution is -2.24. The van der Waals surface area contributed by atoms with E-state index in [-0.39, 0.29) is 6.04 Å². The highest BCUT2D eigenvalue weighted by molar-refractivity contribution is 5.32. The molecule has 1 aromatic heterocycles. The van der Waals surface area contributed by atoms with Crippen molar-refractivity contribution in [3.05, 3.63) is 53.0 Å². The molecule has 2 aromatic rings. The molecule has 0 fully saturated rings. The van der Waals surface area contributed by atoms with Crippen molar-refractivity contribution in [2.75, 3.05) is 13.7 Å². The second kappa shape index (κ2) is 7.18. The summed E-state index contributed by atoms with van der Waals surface area (Å²) in [6.07, 6.45) is 4.23. The maximum atomic E-state index is 5.34. The van der Waals surface area contributed by atoms with E-state index in [2.05, 4.69) is 54.3 Å². The number of ether oxygens (including phenoxy) is 1. The maximum absolute atomic E-state index is 5.34. The Kier molecular flexibility index (Phi) is 5.28. The minimum atomic E-state index is 0.0979. The van der Waals surface area contributed by atoms with E-state index < -0.39 is 0 Å². The predicted octanol–water partition coefficient (Wildman–Crippen LogP) is 3.00. The number of nitrogens with one attached hydrogen (secondary N) is 1. The van der Waals surface area contributed by atoms with E-state index in [0.29, 0.717) is 5.88 Å². The van der Waals surface area contributed by atoms with Gasteiger partial charge in [-0.05, 0) is 43.5 Å². The molecule has 0 saturated carbocycles. The van der Waals surface area contributed by atoms with Crippen molar-refractivity contribution in [1.82, 2.24) is 15.3 Å². The molecule has 2 rings (SSSR count). The summed E-state index contributed by atoms with van der Waals surface area (Å²) in [5.74, 6) is 0.590. The van der Waals surface area contributed by atoms with Crippen LogP contribution in [0.1, 0.15) is 35.3 Å². The Bertz CT molecular complexity index is 598. The van der Waals surface area contributed by atoms with Crippen LogP contribution in [0.5, 0.6) is 5.88 Å². The second-order valence-corrected chi connectivity index (χ2v) is 5.18. The van der Waals surface area contributed by atoms with Gasteiger partial charge < -0.3 is 10.1 Å². The van der Waals surface area contributed by atoms with E-state index in [1.807, 2.05) is 0 Å². The van der Waals surface area contributed by atoms with E-state index in [4.69, 9.17) is 4.74 Å². The molecule has 1 N–H and O–H groups in total. The Hall–Kier alpha value is -1.94. The van der Waals surface area contributed by atoms with Crippen LogP contribution in [0, 0.1) is 13.8 Å². The average Bonchev–Trinajstić information content (AvgIpc) is 2.50. The monoisotopic (exact) mass is 285 g/mol. The summed E-state index contributed by atoms with van der Waals surface area (Å²) >= 11 is 0. The fourth-order valence-corrected chi connectivity index (χ4v) is 2.41. The summed E-state index contributed by atoms with van der Waals surface area (Å²) in [5.41, 5.74) is 4.78. The first-order chi connectivity index (χ1) is 10.2. The molecule has 0 amide bonds. The van der Waals surface area contributed by atoms with Gasteiger partial charge in [0.2, 0.25) is 5.88 Å². The van der Waals surface area contributed by atoms with Gasteiger partial charge in [0.05, 0.1) is 13.2 Å². The van der Waals surface area contributed by atoms with Crippen molar-refractivity contribution in [2.45, 2.75) is 33.2 Å². The van der Waals surface area contributed by atoms with Crippen molar-refractivity contribution in [3.63, 3.8) is 0 Å². The van der Waals surface area contributed by atoms with E-state index in [9.17, 15) is 0 Å². The number of likely N-dealkylation sites (N-methyl/N-ethyl adjacent to an activating group) is 1. The molecular weight excluding hydrogens is 262 g/mol. The SMILES string of the molecule is CCNC(Cc1ccc(C)c(C)c1)c1nccnc1OC. The molecule has 0 spiro atoms. The molecule has 1 heterocycles.